The second kappa shape index (κ2) is 9.27. The predicted molar refractivity (Wildman–Crippen MR) is 119 cm³/mol. The first-order chi connectivity index (χ1) is 13.9. The molecule has 0 atom stereocenters. The summed E-state index contributed by atoms with van der Waals surface area (Å²) in [5.74, 6) is 0.736. The van der Waals surface area contributed by atoms with Gasteiger partial charge in [-0.05, 0) is 66.1 Å². The van der Waals surface area contributed by atoms with Gasteiger partial charge >= 0.3 is 0 Å². The number of halogens is 1. The van der Waals surface area contributed by atoms with Crippen molar-refractivity contribution < 1.29 is 13.2 Å². The summed E-state index contributed by atoms with van der Waals surface area (Å²) in [6, 6.07) is 21.7. The minimum Gasteiger partial charge on any atom is -0.497 e. The average molecular weight is 428 g/mol. The van der Waals surface area contributed by atoms with E-state index in [9.17, 15) is 8.42 Å². The van der Waals surface area contributed by atoms with Gasteiger partial charge in [0.05, 0.1) is 12.0 Å². The molecule has 0 saturated heterocycles. The Bertz CT molecular complexity index is 1090. The van der Waals surface area contributed by atoms with Crippen LogP contribution in [0.5, 0.6) is 5.75 Å². The molecule has 0 heterocycles. The van der Waals surface area contributed by atoms with Crippen LogP contribution in [0, 0.1) is 6.92 Å². The van der Waals surface area contributed by atoms with Gasteiger partial charge in [0.2, 0.25) is 10.0 Å². The second-order valence-corrected chi connectivity index (χ2v) is 8.79. The fraction of sp³-hybridized carbons (Fsp3) is 0.130. The number of sulfonamides is 1. The van der Waals surface area contributed by atoms with E-state index in [1.165, 1.54) is 0 Å². The van der Waals surface area contributed by atoms with Crippen molar-refractivity contribution in [3.05, 3.63) is 94.5 Å². The van der Waals surface area contributed by atoms with E-state index in [0.29, 0.717) is 5.02 Å². The van der Waals surface area contributed by atoms with E-state index in [1.807, 2.05) is 49.4 Å². The van der Waals surface area contributed by atoms with E-state index in [-0.39, 0.29) is 11.4 Å². The predicted octanol–water partition coefficient (Wildman–Crippen LogP) is 5.18. The van der Waals surface area contributed by atoms with Crippen LogP contribution in [0.2, 0.25) is 5.02 Å². The standard InChI is InChI=1S/C23H22ClNO3S/c1-17-3-13-23(14-4-17)29(26,27)25-16-20(15-18-5-9-21(24)10-6-18)19-7-11-22(28-2)12-8-19/h3-15,25H,16H2,1-2H3/b20-15-. The number of ether oxygens (including phenoxy) is 1. The Morgan fingerprint density at radius 3 is 2.17 bits per heavy atom. The summed E-state index contributed by atoms with van der Waals surface area (Å²) in [7, 11) is -2.02. The van der Waals surface area contributed by atoms with Crippen LogP contribution in [-0.2, 0) is 10.0 Å². The summed E-state index contributed by atoms with van der Waals surface area (Å²) >= 11 is 5.97. The molecule has 0 aliphatic carbocycles. The lowest BCUT2D eigenvalue weighted by Gasteiger charge is -2.12. The van der Waals surface area contributed by atoms with E-state index in [0.717, 1.165) is 28.0 Å². The summed E-state index contributed by atoms with van der Waals surface area (Å²) < 4.78 is 33.3. The van der Waals surface area contributed by atoms with Gasteiger partial charge in [0, 0.05) is 11.6 Å². The number of rotatable bonds is 7. The van der Waals surface area contributed by atoms with Crippen molar-refractivity contribution in [3.63, 3.8) is 0 Å². The third-order valence-corrected chi connectivity index (χ3v) is 6.12. The highest BCUT2D eigenvalue weighted by Crippen LogP contribution is 2.22. The smallest absolute Gasteiger partial charge is 0.240 e. The highest BCUT2D eigenvalue weighted by Gasteiger charge is 2.15. The van der Waals surface area contributed by atoms with Crippen molar-refractivity contribution in [2.45, 2.75) is 11.8 Å². The molecule has 0 unspecified atom stereocenters. The van der Waals surface area contributed by atoms with E-state index in [2.05, 4.69) is 4.72 Å². The molecule has 29 heavy (non-hydrogen) atoms. The third-order valence-electron chi connectivity index (χ3n) is 4.46. The van der Waals surface area contributed by atoms with Crippen molar-refractivity contribution in [2.24, 2.45) is 0 Å². The number of nitrogens with one attached hydrogen (secondary N) is 1. The lowest BCUT2D eigenvalue weighted by molar-refractivity contribution is 0.415. The van der Waals surface area contributed by atoms with Crippen molar-refractivity contribution >= 4 is 33.3 Å². The Labute approximate surface area is 176 Å². The molecule has 0 amide bonds. The lowest BCUT2D eigenvalue weighted by Crippen LogP contribution is -2.25. The van der Waals surface area contributed by atoms with E-state index >= 15 is 0 Å². The summed E-state index contributed by atoms with van der Waals surface area (Å²) in [4.78, 5) is 0.240. The molecule has 3 aromatic carbocycles. The van der Waals surface area contributed by atoms with Crippen LogP contribution in [0.25, 0.3) is 11.6 Å². The monoisotopic (exact) mass is 427 g/mol. The Kier molecular flexibility index (Phi) is 6.75. The molecule has 0 spiro atoms. The number of aryl methyl sites for hydroxylation is 1. The topological polar surface area (TPSA) is 55.4 Å². The minimum absolute atomic E-state index is 0.144. The van der Waals surface area contributed by atoms with Gasteiger partial charge in [-0.25, -0.2) is 13.1 Å². The molecule has 3 rings (SSSR count). The maximum Gasteiger partial charge on any atom is 0.240 e. The number of benzene rings is 3. The quantitative estimate of drug-likeness (QED) is 0.529. The molecular weight excluding hydrogens is 406 g/mol. The third kappa shape index (κ3) is 5.70. The van der Waals surface area contributed by atoms with Crippen LogP contribution >= 0.6 is 11.6 Å². The molecule has 1 N–H and O–H groups in total. The zero-order valence-electron chi connectivity index (χ0n) is 16.2. The van der Waals surface area contributed by atoms with Gasteiger partial charge in [-0.3, -0.25) is 0 Å². The van der Waals surface area contributed by atoms with Crippen molar-refractivity contribution in [1.82, 2.24) is 4.72 Å². The van der Waals surface area contributed by atoms with Gasteiger partial charge < -0.3 is 4.74 Å². The number of methoxy groups -OCH3 is 1. The molecular formula is C23H22ClNO3S. The first-order valence-corrected chi connectivity index (χ1v) is 10.9. The summed E-state index contributed by atoms with van der Waals surface area (Å²) in [6.07, 6.45) is 1.94. The lowest BCUT2D eigenvalue weighted by atomic mass is 10.0. The SMILES string of the molecule is COc1ccc(/C(=C\c2ccc(Cl)cc2)CNS(=O)(=O)c2ccc(C)cc2)cc1. The molecule has 4 nitrogen and oxygen atoms in total. The van der Waals surface area contributed by atoms with Crippen LogP contribution in [-0.4, -0.2) is 22.1 Å². The molecule has 0 bridgehead atoms. The van der Waals surface area contributed by atoms with Gasteiger partial charge in [-0.2, -0.15) is 0 Å². The van der Waals surface area contributed by atoms with Crippen molar-refractivity contribution in [2.75, 3.05) is 13.7 Å². The van der Waals surface area contributed by atoms with Crippen LogP contribution in [0.1, 0.15) is 16.7 Å². The van der Waals surface area contributed by atoms with Gasteiger partial charge in [0.15, 0.2) is 0 Å². The molecule has 0 fully saturated rings. The second-order valence-electron chi connectivity index (χ2n) is 6.59. The Morgan fingerprint density at radius 2 is 1.59 bits per heavy atom. The molecule has 0 radical (unpaired) electrons. The Morgan fingerprint density at radius 1 is 0.966 bits per heavy atom. The normalized spacial score (nSPS) is 12.0. The van der Waals surface area contributed by atoms with Crippen LogP contribution < -0.4 is 9.46 Å². The largest absolute Gasteiger partial charge is 0.497 e. The van der Waals surface area contributed by atoms with E-state index in [1.54, 1.807) is 43.5 Å². The van der Waals surface area contributed by atoms with Crippen LogP contribution in [0.15, 0.2) is 77.7 Å². The van der Waals surface area contributed by atoms with Crippen molar-refractivity contribution in [3.8, 4) is 5.75 Å². The fourth-order valence-electron chi connectivity index (χ4n) is 2.78. The fourth-order valence-corrected chi connectivity index (χ4v) is 3.91. The maximum absolute atomic E-state index is 12.7. The molecule has 150 valence electrons. The Hall–Kier alpha value is -2.60. The first kappa shape index (κ1) is 21.1. The molecule has 0 aromatic heterocycles. The van der Waals surface area contributed by atoms with E-state index < -0.39 is 10.0 Å². The highest BCUT2D eigenvalue weighted by atomic mass is 35.5. The van der Waals surface area contributed by atoms with Crippen LogP contribution in [0.4, 0.5) is 0 Å². The number of hydrogen-bond acceptors (Lipinski definition) is 3. The van der Waals surface area contributed by atoms with Crippen LogP contribution in [0.3, 0.4) is 0 Å². The highest BCUT2D eigenvalue weighted by molar-refractivity contribution is 7.89. The van der Waals surface area contributed by atoms with E-state index in [4.69, 9.17) is 16.3 Å². The zero-order chi connectivity index (χ0) is 20.9. The van der Waals surface area contributed by atoms with Gasteiger partial charge in [0.1, 0.15) is 5.75 Å². The summed E-state index contributed by atoms with van der Waals surface area (Å²) in [5, 5.41) is 0.647. The van der Waals surface area contributed by atoms with Gasteiger partial charge in [-0.15, -0.1) is 0 Å². The van der Waals surface area contributed by atoms with Gasteiger partial charge in [-0.1, -0.05) is 53.6 Å². The zero-order valence-corrected chi connectivity index (χ0v) is 17.8. The first-order valence-electron chi connectivity index (χ1n) is 9.04. The van der Waals surface area contributed by atoms with Gasteiger partial charge in [0.25, 0.3) is 0 Å². The minimum atomic E-state index is -3.63. The molecule has 0 saturated carbocycles. The molecule has 3 aromatic rings. The molecule has 6 heteroatoms. The Balaban J connectivity index is 1.90. The molecule has 0 aliphatic heterocycles. The van der Waals surface area contributed by atoms with Crippen molar-refractivity contribution in [1.29, 1.82) is 0 Å². The average Bonchev–Trinajstić information content (AvgIpc) is 2.73. The molecule has 0 aliphatic rings. The number of hydrogen-bond donors (Lipinski definition) is 1. The maximum atomic E-state index is 12.7. The summed E-state index contributed by atoms with van der Waals surface area (Å²) in [6.45, 7) is 2.06. The summed E-state index contributed by atoms with van der Waals surface area (Å²) in [5.41, 5.74) is 3.65.